The molecule has 34 heavy (non-hydrogen) atoms. The number of H-pyrrole nitrogens is 1. The molecule has 1 aliphatic heterocycles. The molecule has 0 aliphatic carbocycles. The SMILES string of the molecule is COc1ccc(CNc2nc(-c3ccn[nH]3)nc3sc4c(c23)CCN(C(=O)N(C)C)C4)cc1Cl. The number of fused-ring (bicyclic) bond motifs is 3. The second kappa shape index (κ2) is 9.11. The van der Waals surface area contributed by atoms with Crippen LogP contribution in [0.15, 0.2) is 30.5 Å². The summed E-state index contributed by atoms with van der Waals surface area (Å²) < 4.78 is 5.26. The van der Waals surface area contributed by atoms with Gasteiger partial charge in [-0.05, 0) is 35.7 Å². The van der Waals surface area contributed by atoms with Gasteiger partial charge in [-0.15, -0.1) is 11.3 Å². The molecule has 4 heterocycles. The Morgan fingerprint density at radius 1 is 1.32 bits per heavy atom. The number of carbonyl (C=O) groups excluding carboxylic acids is 1. The maximum atomic E-state index is 12.5. The van der Waals surface area contributed by atoms with Crippen LogP contribution in [0.2, 0.25) is 5.02 Å². The van der Waals surface area contributed by atoms with E-state index in [0.29, 0.717) is 36.2 Å². The standard InChI is InChI=1S/C23H24ClN7O2S/c1-30(2)23(32)31-9-7-14-18(12-31)34-22-19(14)21(27-20(28-22)16-6-8-26-29-16)25-11-13-4-5-17(33-3)15(24)10-13/h4-6,8,10H,7,9,11-12H2,1-3H3,(H,26,29)(H,25,27,28). The number of halogens is 1. The van der Waals surface area contributed by atoms with Gasteiger partial charge in [-0.25, -0.2) is 14.8 Å². The van der Waals surface area contributed by atoms with Crippen molar-refractivity contribution < 1.29 is 9.53 Å². The monoisotopic (exact) mass is 497 g/mol. The van der Waals surface area contributed by atoms with Crippen molar-refractivity contribution in [2.24, 2.45) is 0 Å². The second-order valence-electron chi connectivity index (χ2n) is 8.22. The molecule has 0 radical (unpaired) electrons. The van der Waals surface area contributed by atoms with Gasteiger partial charge in [-0.1, -0.05) is 17.7 Å². The van der Waals surface area contributed by atoms with E-state index in [1.54, 1.807) is 43.6 Å². The molecule has 3 aromatic heterocycles. The average Bonchev–Trinajstić information content (AvgIpc) is 3.49. The minimum absolute atomic E-state index is 0.0158. The third-order valence-corrected chi connectivity index (χ3v) is 7.18. The van der Waals surface area contributed by atoms with E-state index >= 15 is 0 Å². The summed E-state index contributed by atoms with van der Waals surface area (Å²) in [5.41, 5.74) is 2.95. The first-order valence-corrected chi connectivity index (χ1v) is 12.0. The highest BCUT2D eigenvalue weighted by atomic mass is 35.5. The van der Waals surface area contributed by atoms with Crippen molar-refractivity contribution in [3.63, 3.8) is 0 Å². The van der Waals surface area contributed by atoms with Crippen LogP contribution in [0.25, 0.3) is 21.7 Å². The zero-order valence-electron chi connectivity index (χ0n) is 19.1. The van der Waals surface area contributed by atoms with Crippen LogP contribution < -0.4 is 10.1 Å². The number of methoxy groups -OCH3 is 1. The molecular weight excluding hydrogens is 474 g/mol. The van der Waals surface area contributed by atoms with Crippen LogP contribution >= 0.6 is 22.9 Å². The summed E-state index contributed by atoms with van der Waals surface area (Å²) in [4.78, 5) is 27.7. The fourth-order valence-corrected chi connectivity index (χ4v) is 5.59. The number of ether oxygens (including phenoxy) is 1. The number of aromatic amines is 1. The largest absolute Gasteiger partial charge is 0.495 e. The molecule has 4 aromatic rings. The smallest absolute Gasteiger partial charge is 0.319 e. The summed E-state index contributed by atoms with van der Waals surface area (Å²) in [5.74, 6) is 1.96. The topological polar surface area (TPSA) is 99.3 Å². The highest BCUT2D eigenvalue weighted by Gasteiger charge is 2.27. The molecule has 0 saturated heterocycles. The molecule has 11 heteroatoms. The highest BCUT2D eigenvalue weighted by Crippen LogP contribution is 2.39. The molecular formula is C23H24ClN7O2S. The molecule has 9 nitrogen and oxygen atoms in total. The van der Waals surface area contributed by atoms with Gasteiger partial charge in [0.2, 0.25) is 0 Å². The summed E-state index contributed by atoms with van der Waals surface area (Å²) in [7, 11) is 5.15. The average molecular weight is 498 g/mol. The Morgan fingerprint density at radius 2 is 2.18 bits per heavy atom. The van der Waals surface area contributed by atoms with Crippen molar-refractivity contribution in [1.29, 1.82) is 0 Å². The number of nitrogens with one attached hydrogen (secondary N) is 2. The number of carbonyl (C=O) groups is 1. The van der Waals surface area contributed by atoms with Gasteiger partial charge < -0.3 is 19.9 Å². The Labute approximate surface area is 205 Å². The van der Waals surface area contributed by atoms with E-state index in [9.17, 15) is 4.79 Å². The first kappa shape index (κ1) is 22.4. The van der Waals surface area contributed by atoms with Crippen LogP contribution in [0.1, 0.15) is 16.0 Å². The van der Waals surface area contributed by atoms with Gasteiger partial charge in [-0.2, -0.15) is 5.10 Å². The normalized spacial score (nSPS) is 13.1. The lowest BCUT2D eigenvalue weighted by Gasteiger charge is -2.29. The zero-order valence-corrected chi connectivity index (χ0v) is 20.6. The number of hydrogen-bond donors (Lipinski definition) is 2. The Hall–Kier alpha value is -3.37. The van der Waals surface area contributed by atoms with Crippen molar-refractivity contribution in [3.05, 3.63) is 51.5 Å². The van der Waals surface area contributed by atoms with Crippen LogP contribution in [0.5, 0.6) is 5.75 Å². The summed E-state index contributed by atoms with van der Waals surface area (Å²) in [6.45, 7) is 1.76. The van der Waals surface area contributed by atoms with Crippen LogP contribution in [-0.4, -0.2) is 63.7 Å². The molecule has 0 atom stereocenters. The lowest BCUT2D eigenvalue weighted by atomic mass is 10.0. The fraction of sp³-hybridized carbons (Fsp3) is 0.304. The van der Waals surface area contributed by atoms with Crippen LogP contribution in [0.3, 0.4) is 0 Å². The minimum atomic E-state index is 0.0158. The fourth-order valence-electron chi connectivity index (χ4n) is 4.08. The molecule has 0 fully saturated rings. The first-order valence-electron chi connectivity index (χ1n) is 10.8. The van der Waals surface area contributed by atoms with Gasteiger partial charge in [-0.3, -0.25) is 5.10 Å². The molecule has 5 rings (SSSR count). The number of amides is 2. The summed E-state index contributed by atoms with van der Waals surface area (Å²) in [6.07, 6.45) is 2.43. The molecule has 0 saturated carbocycles. The van der Waals surface area contributed by atoms with Gasteiger partial charge in [0.25, 0.3) is 0 Å². The molecule has 0 unspecified atom stereocenters. The van der Waals surface area contributed by atoms with Gasteiger partial charge in [0.05, 0.1) is 24.1 Å². The maximum Gasteiger partial charge on any atom is 0.319 e. The molecule has 176 valence electrons. The summed E-state index contributed by atoms with van der Waals surface area (Å²) >= 11 is 7.93. The zero-order chi connectivity index (χ0) is 23.8. The third-order valence-electron chi connectivity index (χ3n) is 5.77. The lowest BCUT2D eigenvalue weighted by molar-refractivity contribution is 0.166. The Balaban J connectivity index is 1.53. The first-order chi connectivity index (χ1) is 16.4. The number of aromatic nitrogens is 4. The number of rotatable bonds is 5. The van der Waals surface area contributed by atoms with E-state index in [1.807, 2.05) is 29.2 Å². The molecule has 0 spiro atoms. The molecule has 1 aromatic carbocycles. The Kier molecular flexibility index (Phi) is 6.01. The van der Waals surface area contributed by atoms with Crippen molar-refractivity contribution in [2.75, 3.05) is 33.1 Å². The maximum absolute atomic E-state index is 12.5. The van der Waals surface area contributed by atoms with Crippen molar-refractivity contribution in [1.82, 2.24) is 30.0 Å². The molecule has 2 N–H and O–H groups in total. The van der Waals surface area contributed by atoms with Gasteiger partial charge in [0.1, 0.15) is 22.1 Å². The van der Waals surface area contributed by atoms with Crippen molar-refractivity contribution in [3.8, 4) is 17.3 Å². The third kappa shape index (κ3) is 4.14. The van der Waals surface area contributed by atoms with E-state index in [4.69, 9.17) is 26.3 Å². The number of urea groups is 1. The van der Waals surface area contributed by atoms with E-state index in [0.717, 1.165) is 38.6 Å². The lowest BCUT2D eigenvalue weighted by Crippen LogP contribution is -2.41. The number of thiophene rings is 1. The minimum Gasteiger partial charge on any atom is -0.495 e. The van der Waals surface area contributed by atoms with Gasteiger partial charge in [0.15, 0.2) is 5.82 Å². The predicted octanol–water partition coefficient (Wildman–Crippen LogP) is 4.40. The highest BCUT2D eigenvalue weighted by molar-refractivity contribution is 7.19. The number of benzene rings is 1. The summed E-state index contributed by atoms with van der Waals surface area (Å²) in [5, 5.41) is 12.1. The molecule has 0 bridgehead atoms. The Bertz CT molecular complexity index is 1350. The van der Waals surface area contributed by atoms with E-state index in [-0.39, 0.29) is 6.03 Å². The van der Waals surface area contributed by atoms with Crippen molar-refractivity contribution >= 4 is 45.0 Å². The number of anilines is 1. The second-order valence-corrected chi connectivity index (χ2v) is 9.71. The van der Waals surface area contributed by atoms with Gasteiger partial charge in [0, 0.05) is 38.3 Å². The van der Waals surface area contributed by atoms with Crippen LogP contribution in [0, 0.1) is 0 Å². The van der Waals surface area contributed by atoms with E-state index in [1.165, 1.54) is 5.56 Å². The number of hydrogen-bond acceptors (Lipinski definition) is 7. The Morgan fingerprint density at radius 3 is 2.88 bits per heavy atom. The summed E-state index contributed by atoms with van der Waals surface area (Å²) in [6, 6.07) is 7.57. The molecule has 2 amide bonds. The quantitative estimate of drug-likeness (QED) is 0.424. The van der Waals surface area contributed by atoms with E-state index < -0.39 is 0 Å². The van der Waals surface area contributed by atoms with Crippen LogP contribution in [-0.2, 0) is 19.5 Å². The van der Waals surface area contributed by atoms with Crippen molar-refractivity contribution in [2.45, 2.75) is 19.5 Å². The van der Waals surface area contributed by atoms with Crippen LogP contribution in [0.4, 0.5) is 10.6 Å². The predicted molar refractivity (Wildman–Crippen MR) is 134 cm³/mol. The number of nitrogens with zero attached hydrogens (tertiary/aromatic N) is 5. The molecule has 1 aliphatic rings. The van der Waals surface area contributed by atoms with Gasteiger partial charge >= 0.3 is 6.03 Å². The van der Waals surface area contributed by atoms with E-state index in [2.05, 4.69) is 15.5 Å².